The SMILES string of the molecule is Cc1ccc2nc(-c3ccc(-c4c([N+](=O)[O-])cccc4S(N)(=O)=O)cc3)sc2c1. The van der Waals surface area contributed by atoms with Crippen molar-refractivity contribution in [1.29, 1.82) is 0 Å². The predicted octanol–water partition coefficient (Wildman–Crippen LogP) is 4.49. The van der Waals surface area contributed by atoms with Crippen LogP contribution in [0.15, 0.2) is 65.6 Å². The maximum Gasteiger partial charge on any atom is 0.278 e. The molecular weight excluding hydrogens is 410 g/mol. The van der Waals surface area contributed by atoms with Crippen LogP contribution in [0.25, 0.3) is 31.9 Å². The molecule has 0 spiro atoms. The molecule has 0 aliphatic heterocycles. The summed E-state index contributed by atoms with van der Waals surface area (Å²) in [5.41, 5.74) is 2.93. The summed E-state index contributed by atoms with van der Waals surface area (Å²) in [6.45, 7) is 2.02. The lowest BCUT2D eigenvalue weighted by Crippen LogP contribution is -2.14. The second kappa shape index (κ2) is 7.03. The molecule has 0 atom stereocenters. The quantitative estimate of drug-likeness (QED) is 0.382. The smallest absolute Gasteiger partial charge is 0.258 e. The molecule has 0 fully saturated rings. The first-order chi connectivity index (χ1) is 13.7. The van der Waals surface area contributed by atoms with E-state index in [0.717, 1.165) is 26.4 Å². The van der Waals surface area contributed by atoms with Crippen LogP contribution < -0.4 is 5.14 Å². The molecule has 3 aromatic carbocycles. The lowest BCUT2D eigenvalue weighted by atomic mass is 10.0. The van der Waals surface area contributed by atoms with Crippen molar-refractivity contribution in [2.75, 3.05) is 0 Å². The molecule has 4 aromatic rings. The van der Waals surface area contributed by atoms with Crippen LogP contribution in [0, 0.1) is 17.0 Å². The second-order valence-electron chi connectivity index (χ2n) is 6.52. The third-order valence-electron chi connectivity index (χ3n) is 4.47. The van der Waals surface area contributed by atoms with Crippen LogP contribution in [-0.4, -0.2) is 18.3 Å². The number of hydrogen-bond acceptors (Lipinski definition) is 6. The number of nitrogens with two attached hydrogens (primary N) is 1. The first-order valence-corrected chi connectivity index (χ1v) is 10.9. The van der Waals surface area contributed by atoms with Gasteiger partial charge in [-0.3, -0.25) is 10.1 Å². The van der Waals surface area contributed by atoms with Gasteiger partial charge in [-0.2, -0.15) is 0 Å². The number of aromatic nitrogens is 1. The van der Waals surface area contributed by atoms with E-state index in [9.17, 15) is 18.5 Å². The van der Waals surface area contributed by atoms with Gasteiger partial charge in [0.1, 0.15) is 5.01 Å². The van der Waals surface area contributed by atoms with E-state index >= 15 is 0 Å². The highest BCUT2D eigenvalue weighted by Crippen LogP contribution is 2.37. The molecule has 0 aliphatic carbocycles. The zero-order valence-electron chi connectivity index (χ0n) is 15.2. The maximum absolute atomic E-state index is 12.0. The first-order valence-electron chi connectivity index (χ1n) is 8.52. The van der Waals surface area contributed by atoms with Crippen molar-refractivity contribution >= 4 is 37.3 Å². The molecule has 7 nitrogen and oxygen atoms in total. The highest BCUT2D eigenvalue weighted by Gasteiger charge is 2.24. The fourth-order valence-corrected chi connectivity index (χ4v) is 4.98. The molecule has 9 heteroatoms. The normalized spacial score (nSPS) is 11.7. The third-order valence-corrected chi connectivity index (χ3v) is 6.49. The molecule has 1 aromatic heterocycles. The number of primary sulfonamides is 1. The first kappa shape index (κ1) is 19.2. The van der Waals surface area contributed by atoms with Crippen LogP contribution in [0.5, 0.6) is 0 Å². The summed E-state index contributed by atoms with van der Waals surface area (Å²) in [4.78, 5) is 15.2. The summed E-state index contributed by atoms with van der Waals surface area (Å²) in [5, 5.41) is 17.5. The summed E-state index contributed by atoms with van der Waals surface area (Å²) in [7, 11) is -4.14. The second-order valence-corrected chi connectivity index (χ2v) is 9.08. The number of rotatable bonds is 4. The monoisotopic (exact) mass is 425 g/mol. The largest absolute Gasteiger partial charge is 0.278 e. The third kappa shape index (κ3) is 3.63. The molecule has 0 amide bonds. The number of sulfonamides is 1. The number of thiazole rings is 1. The number of benzene rings is 3. The minimum atomic E-state index is -4.14. The Hall–Kier alpha value is -3.14. The number of aryl methyl sites for hydroxylation is 1. The molecular formula is C20H15N3O4S2. The highest BCUT2D eigenvalue weighted by atomic mass is 32.2. The van der Waals surface area contributed by atoms with E-state index in [1.54, 1.807) is 35.6 Å². The van der Waals surface area contributed by atoms with Crippen LogP contribution in [0.2, 0.25) is 0 Å². The lowest BCUT2D eigenvalue weighted by molar-refractivity contribution is -0.384. The Bertz CT molecular complexity index is 1360. The van der Waals surface area contributed by atoms with E-state index < -0.39 is 14.9 Å². The fraction of sp³-hybridized carbons (Fsp3) is 0.0500. The molecule has 0 radical (unpaired) electrons. The molecule has 0 aliphatic rings. The Kier molecular flexibility index (Phi) is 4.65. The fourth-order valence-electron chi connectivity index (χ4n) is 3.13. The molecule has 0 unspecified atom stereocenters. The summed E-state index contributed by atoms with van der Waals surface area (Å²) >= 11 is 1.55. The summed E-state index contributed by atoms with van der Waals surface area (Å²) < 4.78 is 25.0. The van der Waals surface area contributed by atoms with Gasteiger partial charge in [0, 0.05) is 11.6 Å². The van der Waals surface area contributed by atoms with E-state index in [4.69, 9.17) is 5.14 Å². The van der Waals surface area contributed by atoms with E-state index in [0.29, 0.717) is 5.56 Å². The molecule has 0 saturated heterocycles. The van der Waals surface area contributed by atoms with Crippen molar-refractivity contribution in [3.63, 3.8) is 0 Å². The molecule has 146 valence electrons. The topological polar surface area (TPSA) is 116 Å². The lowest BCUT2D eigenvalue weighted by Gasteiger charge is -2.09. The van der Waals surface area contributed by atoms with Crippen molar-refractivity contribution < 1.29 is 13.3 Å². The zero-order valence-corrected chi connectivity index (χ0v) is 16.8. The minimum Gasteiger partial charge on any atom is -0.258 e. The van der Waals surface area contributed by atoms with Gasteiger partial charge in [-0.25, -0.2) is 18.5 Å². The van der Waals surface area contributed by atoms with Gasteiger partial charge >= 0.3 is 0 Å². The van der Waals surface area contributed by atoms with Crippen molar-refractivity contribution in [2.45, 2.75) is 11.8 Å². The number of hydrogen-bond donors (Lipinski definition) is 1. The number of fused-ring (bicyclic) bond motifs is 1. The van der Waals surface area contributed by atoms with Gasteiger partial charge in [0.15, 0.2) is 0 Å². The van der Waals surface area contributed by atoms with Crippen molar-refractivity contribution in [3.05, 3.63) is 76.3 Å². The van der Waals surface area contributed by atoms with Gasteiger partial charge in [-0.15, -0.1) is 11.3 Å². The summed E-state index contributed by atoms with van der Waals surface area (Å²) in [5.74, 6) is 0. The Morgan fingerprint density at radius 3 is 2.38 bits per heavy atom. The van der Waals surface area contributed by atoms with Crippen LogP contribution in [0.4, 0.5) is 5.69 Å². The Morgan fingerprint density at radius 2 is 1.72 bits per heavy atom. The molecule has 0 bridgehead atoms. The van der Waals surface area contributed by atoms with E-state index in [2.05, 4.69) is 11.1 Å². The Morgan fingerprint density at radius 1 is 1.03 bits per heavy atom. The van der Waals surface area contributed by atoms with Gasteiger partial charge in [-0.1, -0.05) is 36.4 Å². The zero-order chi connectivity index (χ0) is 20.8. The van der Waals surface area contributed by atoms with Gasteiger partial charge in [0.05, 0.1) is 25.6 Å². The number of nitro benzene ring substituents is 1. The average molecular weight is 425 g/mol. The molecule has 29 heavy (non-hydrogen) atoms. The van der Waals surface area contributed by atoms with Gasteiger partial charge in [0.25, 0.3) is 5.69 Å². The summed E-state index contributed by atoms with van der Waals surface area (Å²) in [6.07, 6.45) is 0. The molecule has 4 rings (SSSR count). The molecule has 0 saturated carbocycles. The van der Waals surface area contributed by atoms with Gasteiger partial charge in [0.2, 0.25) is 10.0 Å². The van der Waals surface area contributed by atoms with Crippen molar-refractivity contribution in [3.8, 4) is 21.7 Å². The molecule has 2 N–H and O–H groups in total. The number of nitro groups is 1. The highest BCUT2D eigenvalue weighted by molar-refractivity contribution is 7.89. The van der Waals surface area contributed by atoms with E-state index in [-0.39, 0.29) is 16.1 Å². The van der Waals surface area contributed by atoms with Crippen LogP contribution >= 0.6 is 11.3 Å². The van der Waals surface area contributed by atoms with Gasteiger partial charge in [-0.05, 0) is 36.2 Å². The minimum absolute atomic E-state index is 0.0218. The van der Waals surface area contributed by atoms with E-state index in [1.165, 1.54) is 18.2 Å². The Labute approximate surface area is 170 Å². The standard InChI is InChI=1S/C20H15N3O4S2/c1-12-5-10-15-17(11-12)28-20(22-15)14-8-6-13(7-9-14)19-16(23(24)25)3-2-4-18(19)29(21,26)27/h2-11H,1H3,(H2,21,26,27). The van der Waals surface area contributed by atoms with Crippen molar-refractivity contribution in [1.82, 2.24) is 4.98 Å². The van der Waals surface area contributed by atoms with E-state index in [1.807, 2.05) is 19.1 Å². The van der Waals surface area contributed by atoms with Gasteiger partial charge < -0.3 is 0 Å². The van der Waals surface area contributed by atoms with Crippen LogP contribution in [-0.2, 0) is 10.0 Å². The van der Waals surface area contributed by atoms with Crippen molar-refractivity contribution in [2.24, 2.45) is 5.14 Å². The number of nitrogens with zero attached hydrogens (tertiary/aromatic N) is 2. The van der Waals surface area contributed by atoms with Crippen LogP contribution in [0.3, 0.4) is 0 Å². The Balaban J connectivity index is 1.83. The predicted molar refractivity (Wildman–Crippen MR) is 113 cm³/mol. The summed E-state index contributed by atoms with van der Waals surface area (Å²) in [6, 6.07) is 16.7. The average Bonchev–Trinajstić information content (AvgIpc) is 3.10. The van der Waals surface area contributed by atoms with Crippen LogP contribution in [0.1, 0.15) is 5.56 Å². The maximum atomic E-state index is 12.0. The molecule has 1 heterocycles.